The average molecular weight is 370 g/mol. The summed E-state index contributed by atoms with van der Waals surface area (Å²) in [7, 11) is 0. The summed E-state index contributed by atoms with van der Waals surface area (Å²) < 4.78 is 16.1. The summed E-state index contributed by atoms with van der Waals surface area (Å²) in [6.45, 7) is 0. The molecule has 0 aliphatic carbocycles. The highest BCUT2D eigenvalue weighted by Crippen LogP contribution is 2.28. The van der Waals surface area contributed by atoms with E-state index in [0.717, 1.165) is 0 Å². The van der Waals surface area contributed by atoms with E-state index in [0.29, 0.717) is 10.0 Å². The van der Waals surface area contributed by atoms with E-state index in [1.54, 1.807) is 18.3 Å². The van der Waals surface area contributed by atoms with Crippen molar-refractivity contribution in [2.75, 3.05) is 5.73 Å². The molecule has 21 heavy (non-hydrogen) atoms. The fourth-order valence-electron chi connectivity index (χ4n) is 1.80. The molecule has 0 spiro atoms. The molecule has 1 aromatic carbocycles. The molecule has 0 radical (unpaired) electrons. The number of nitrogens with zero attached hydrogens (tertiary/aromatic N) is 5. The van der Waals surface area contributed by atoms with Crippen LogP contribution in [0.15, 0.2) is 34.9 Å². The van der Waals surface area contributed by atoms with Gasteiger partial charge in [-0.2, -0.15) is 4.68 Å². The summed E-state index contributed by atoms with van der Waals surface area (Å²) in [6, 6.07) is 6.27. The van der Waals surface area contributed by atoms with Gasteiger partial charge in [0.05, 0.1) is 10.6 Å². The Labute approximate surface area is 131 Å². The Morgan fingerprint density at radius 1 is 1.33 bits per heavy atom. The van der Waals surface area contributed by atoms with Gasteiger partial charge in [0.25, 0.3) is 0 Å². The van der Waals surface area contributed by atoms with E-state index < -0.39 is 5.82 Å². The summed E-state index contributed by atoms with van der Waals surface area (Å²) >= 11 is 9.08. The molecule has 0 unspecified atom stereocenters. The number of nitrogen functional groups attached to an aromatic ring is 1. The largest absolute Gasteiger partial charge is 0.383 e. The second-order valence-electron chi connectivity index (χ2n) is 4.07. The summed E-state index contributed by atoms with van der Waals surface area (Å²) in [5, 5.41) is 11.2. The number of aromatic nitrogens is 5. The second-order valence-corrected chi connectivity index (χ2v) is 5.40. The van der Waals surface area contributed by atoms with E-state index in [1.807, 2.05) is 0 Å². The van der Waals surface area contributed by atoms with Crippen molar-refractivity contribution >= 4 is 33.3 Å². The maximum Gasteiger partial charge on any atom is 0.190 e. The third kappa shape index (κ3) is 2.47. The molecule has 2 N–H and O–H groups in total. The van der Waals surface area contributed by atoms with Gasteiger partial charge >= 0.3 is 0 Å². The normalized spacial score (nSPS) is 10.8. The molecule has 106 valence electrons. The number of pyridine rings is 1. The van der Waals surface area contributed by atoms with Gasteiger partial charge in [0, 0.05) is 10.7 Å². The Kier molecular flexibility index (Phi) is 3.56. The zero-order valence-electron chi connectivity index (χ0n) is 10.3. The molecule has 0 saturated heterocycles. The molecule has 0 aliphatic rings. The highest BCUT2D eigenvalue weighted by atomic mass is 79.9. The first kappa shape index (κ1) is 13.9. The molecule has 3 rings (SSSR count). The van der Waals surface area contributed by atoms with E-state index in [2.05, 4.69) is 36.4 Å². The van der Waals surface area contributed by atoms with E-state index in [1.165, 1.54) is 16.8 Å². The van der Waals surface area contributed by atoms with Crippen LogP contribution in [0.25, 0.3) is 17.1 Å². The number of nitrogens with two attached hydrogens (primary N) is 1. The van der Waals surface area contributed by atoms with E-state index >= 15 is 0 Å². The minimum Gasteiger partial charge on any atom is -0.383 e. The monoisotopic (exact) mass is 368 g/mol. The van der Waals surface area contributed by atoms with Crippen LogP contribution in [0.1, 0.15) is 0 Å². The first-order chi connectivity index (χ1) is 10.1. The lowest BCUT2D eigenvalue weighted by Crippen LogP contribution is -2.05. The zero-order valence-corrected chi connectivity index (χ0v) is 12.7. The Bertz CT molecular complexity index is 805. The van der Waals surface area contributed by atoms with Gasteiger partial charge in [0.2, 0.25) is 0 Å². The molecule has 0 amide bonds. The molecule has 0 saturated carbocycles. The van der Waals surface area contributed by atoms with E-state index in [4.69, 9.17) is 17.3 Å². The van der Waals surface area contributed by atoms with Crippen molar-refractivity contribution in [2.45, 2.75) is 0 Å². The third-order valence-corrected chi connectivity index (χ3v) is 3.48. The van der Waals surface area contributed by atoms with Crippen LogP contribution in [0, 0.1) is 5.82 Å². The van der Waals surface area contributed by atoms with Crippen molar-refractivity contribution in [3.63, 3.8) is 0 Å². The highest BCUT2D eigenvalue weighted by Gasteiger charge is 2.18. The number of tetrazole rings is 1. The molecular formula is C12H7BrClFN6. The summed E-state index contributed by atoms with van der Waals surface area (Å²) in [4.78, 5) is 4.01. The number of hydrogen-bond acceptors (Lipinski definition) is 5. The molecule has 0 fully saturated rings. The van der Waals surface area contributed by atoms with Gasteiger partial charge in [0.1, 0.15) is 11.5 Å². The quantitative estimate of drug-likeness (QED) is 0.751. The molecule has 0 atom stereocenters. The Balaban J connectivity index is 2.22. The molecule has 0 aliphatic heterocycles. The topological polar surface area (TPSA) is 82.5 Å². The first-order valence-electron chi connectivity index (χ1n) is 5.72. The van der Waals surface area contributed by atoms with Gasteiger partial charge in [-0.15, -0.1) is 5.10 Å². The smallest absolute Gasteiger partial charge is 0.190 e. The van der Waals surface area contributed by atoms with Crippen molar-refractivity contribution in [3.05, 3.63) is 45.8 Å². The number of rotatable bonds is 2. The van der Waals surface area contributed by atoms with Crippen molar-refractivity contribution in [1.29, 1.82) is 0 Å². The summed E-state index contributed by atoms with van der Waals surface area (Å²) in [5.74, 6) is -0.117. The predicted molar refractivity (Wildman–Crippen MR) is 79.5 cm³/mol. The minimum absolute atomic E-state index is 0.0192. The lowest BCUT2D eigenvalue weighted by Gasteiger charge is -2.08. The first-order valence-corrected chi connectivity index (χ1v) is 6.89. The fraction of sp³-hybridized carbons (Fsp3) is 0. The van der Waals surface area contributed by atoms with Gasteiger partial charge < -0.3 is 5.73 Å². The number of halogens is 3. The lowest BCUT2D eigenvalue weighted by molar-refractivity contribution is 0.608. The SMILES string of the molecule is Nc1ncc(Br)cc1-c1nnnn1-c1cccc(Cl)c1F. The standard InChI is InChI=1S/C12H7BrClFN6/c13-6-4-7(11(16)17-5-6)12-18-19-20-21(12)9-3-1-2-8(14)10(9)15/h1-5H,(H2,16,17). The van der Waals surface area contributed by atoms with Crippen molar-refractivity contribution < 1.29 is 4.39 Å². The molecule has 2 aromatic heterocycles. The van der Waals surface area contributed by atoms with Crippen LogP contribution in [-0.4, -0.2) is 25.2 Å². The fourth-order valence-corrected chi connectivity index (χ4v) is 2.30. The van der Waals surface area contributed by atoms with Crippen LogP contribution in [0.2, 0.25) is 5.02 Å². The molecule has 0 bridgehead atoms. The van der Waals surface area contributed by atoms with Crippen molar-refractivity contribution in [2.24, 2.45) is 0 Å². The van der Waals surface area contributed by atoms with Gasteiger partial charge in [-0.25, -0.2) is 9.37 Å². The summed E-state index contributed by atoms with van der Waals surface area (Å²) in [6.07, 6.45) is 1.55. The van der Waals surface area contributed by atoms with Crippen LogP contribution >= 0.6 is 27.5 Å². The van der Waals surface area contributed by atoms with Crippen LogP contribution in [0.4, 0.5) is 10.2 Å². The number of hydrogen-bond donors (Lipinski definition) is 1. The molecular weight excluding hydrogens is 363 g/mol. The van der Waals surface area contributed by atoms with Crippen LogP contribution < -0.4 is 5.73 Å². The second kappa shape index (κ2) is 5.38. The molecule has 2 heterocycles. The molecule has 9 heteroatoms. The van der Waals surface area contributed by atoms with Gasteiger partial charge in [-0.3, -0.25) is 0 Å². The number of anilines is 1. The van der Waals surface area contributed by atoms with Crippen molar-refractivity contribution in [1.82, 2.24) is 25.2 Å². The highest BCUT2D eigenvalue weighted by molar-refractivity contribution is 9.10. The van der Waals surface area contributed by atoms with E-state index in [9.17, 15) is 4.39 Å². The minimum atomic E-state index is -0.616. The van der Waals surface area contributed by atoms with Crippen LogP contribution in [0.5, 0.6) is 0 Å². The van der Waals surface area contributed by atoms with Gasteiger partial charge in [-0.05, 0) is 44.6 Å². The van der Waals surface area contributed by atoms with Gasteiger partial charge in [-0.1, -0.05) is 17.7 Å². The molecule has 6 nitrogen and oxygen atoms in total. The van der Waals surface area contributed by atoms with E-state index in [-0.39, 0.29) is 22.4 Å². The maximum absolute atomic E-state index is 14.1. The van der Waals surface area contributed by atoms with Crippen LogP contribution in [-0.2, 0) is 0 Å². The lowest BCUT2D eigenvalue weighted by atomic mass is 10.2. The van der Waals surface area contributed by atoms with Gasteiger partial charge in [0.15, 0.2) is 11.6 Å². The molecule has 3 aromatic rings. The average Bonchev–Trinajstić information content (AvgIpc) is 2.93. The predicted octanol–water partition coefficient (Wildman–Crippen LogP) is 2.86. The Hall–Kier alpha value is -2.06. The third-order valence-electron chi connectivity index (χ3n) is 2.75. The van der Waals surface area contributed by atoms with Crippen LogP contribution in [0.3, 0.4) is 0 Å². The summed E-state index contributed by atoms with van der Waals surface area (Å²) in [5.41, 5.74) is 6.44. The maximum atomic E-state index is 14.1. The number of benzene rings is 1. The van der Waals surface area contributed by atoms with Crippen molar-refractivity contribution in [3.8, 4) is 17.1 Å². The Morgan fingerprint density at radius 3 is 2.95 bits per heavy atom. The zero-order chi connectivity index (χ0) is 15.0. The Morgan fingerprint density at radius 2 is 2.14 bits per heavy atom.